The molecule has 1 aliphatic heterocycles. The molecule has 2 unspecified atom stereocenters. The number of amides is 1. The van der Waals surface area contributed by atoms with E-state index in [1.807, 2.05) is 14.1 Å². The highest BCUT2D eigenvalue weighted by atomic mass is 19.1. The van der Waals surface area contributed by atoms with E-state index in [4.69, 9.17) is 5.73 Å². The zero-order chi connectivity index (χ0) is 15.0. The number of likely N-dealkylation sites (tertiary alicyclic amines) is 1. The molecule has 110 valence electrons. The van der Waals surface area contributed by atoms with Gasteiger partial charge in [0, 0.05) is 24.7 Å². The third kappa shape index (κ3) is 2.60. The number of hydrogen-bond donors (Lipinski definition) is 1. The van der Waals surface area contributed by atoms with Crippen LogP contribution in [0.2, 0.25) is 0 Å². The van der Waals surface area contributed by atoms with Gasteiger partial charge in [-0.05, 0) is 32.1 Å². The third-order valence-electron chi connectivity index (χ3n) is 3.85. The maximum Gasteiger partial charge on any atom is 0.254 e. The lowest BCUT2D eigenvalue weighted by Gasteiger charge is -2.22. The van der Waals surface area contributed by atoms with E-state index >= 15 is 0 Å². The Labute approximate surface area is 117 Å². The fourth-order valence-electron chi connectivity index (χ4n) is 2.68. The molecule has 0 aromatic heterocycles. The topological polar surface area (TPSA) is 49.6 Å². The van der Waals surface area contributed by atoms with Gasteiger partial charge in [0.05, 0.1) is 0 Å². The summed E-state index contributed by atoms with van der Waals surface area (Å²) in [5.74, 6) is -1.84. The summed E-state index contributed by atoms with van der Waals surface area (Å²) < 4.78 is 26.8. The van der Waals surface area contributed by atoms with E-state index in [0.29, 0.717) is 19.0 Å². The molecule has 1 aliphatic rings. The molecular formula is C14H19F2N3O. The molecule has 2 atom stereocenters. The van der Waals surface area contributed by atoms with Crippen molar-refractivity contribution in [2.75, 3.05) is 32.9 Å². The van der Waals surface area contributed by atoms with E-state index < -0.39 is 17.3 Å². The average Bonchev–Trinajstić information content (AvgIpc) is 2.76. The number of benzene rings is 1. The standard InChI is InChI=1S/C14H19F2N3O/c1-8-6-19(7-12(8)18(2)3)14(20)9-4-10(15)13(17)11(16)5-9/h4-5,8,12H,6-7,17H2,1-3H3. The van der Waals surface area contributed by atoms with Crippen LogP contribution in [0.1, 0.15) is 17.3 Å². The first-order valence-corrected chi connectivity index (χ1v) is 6.51. The minimum Gasteiger partial charge on any atom is -0.394 e. The van der Waals surface area contributed by atoms with Crippen molar-refractivity contribution in [2.45, 2.75) is 13.0 Å². The zero-order valence-electron chi connectivity index (χ0n) is 11.9. The summed E-state index contributed by atoms with van der Waals surface area (Å²) in [7, 11) is 3.91. The van der Waals surface area contributed by atoms with Gasteiger partial charge in [0.2, 0.25) is 0 Å². The number of nitrogen functional groups attached to an aromatic ring is 1. The van der Waals surface area contributed by atoms with Gasteiger partial charge in [-0.3, -0.25) is 4.79 Å². The molecule has 4 nitrogen and oxygen atoms in total. The quantitative estimate of drug-likeness (QED) is 0.838. The lowest BCUT2D eigenvalue weighted by atomic mass is 10.1. The Kier molecular flexibility index (Phi) is 3.94. The summed E-state index contributed by atoms with van der Waals surface area (Å²) in [6, 6.07) is 2.24. The maximum absolute atomic E-state index is 13.4. The Balaban J connectivity index is 2.21. The van der Waals surface area contributed by atoms with E-state index in [9.17, 15) is 13.6 Å². The molecule has 1 fully saturated rings. The number of nitrogens with two attached hydrogens (primary N) is 1. The molecule has 0 aliphatic carbocycles. The van der Waals surface area contributed by atoms with Crippen molar-refractivity contribution in [2.24, 2.45) is 5.92 Å². The Bertz CT molecular complexity index is 510. The highest BCUT2D eigenvalue weighted by molar-refractivity contribution is 5.94. The Morgan fingerprint density at radius 1 is 1.30 bits per heavy atom. The predicted octanol–water partition coefficient (Wildman–Crippen LogP) is 1.57. The molecule has 0 spiro atoms. The number of hydrogen-bond acceptors (Lipinski definition) is 3. The van der Waals surface area contributed by atoms with Crippen LogP contribution in [-0.4, -0.2) is 48.9 Å². The second-order valence-electron chi connectivity index (χ2n) is 5.57. The van der Waals surface area contributed by atoms with Gasteiger partial charge >= 0.3 is 0 Å². The third-order valence-corrected chi connectivity index (χ3v) is 3.85. The smallest absolute Gasteiger partial charge is 0.254 e. The fraction of sp³-hybridized carbons (Fsp3) is 0.500. The summed E-state index contributed by atoms with van der Waals surface area (Å²) in [6.07, 6.45) is 0. The fourth-order valence-corrected chi connectivity index (χ4v) is 2.68. The molecule has 1 heterocycles. The van der Waals surface area contributed by atoms with Crippen molar-refractivity contribution in [3.8, 4) is 0 Å². The van der Waals surface area contributed by atoms with Crippen LogP contribution in [0.25, 0.3) is 0 Å². The Morgan fingerprint density at radius 3 is 2.30 bits per heavy atom. The minimum atomic E-state index is -0.898. The average molecular weight is 283 g/mol. The van der Waals surface area contributed by atoms with Crippen molar-refractivity contribution >= 4 is 11.6 Å². The van der Waals surface area contributed by atoms with Crippen LogP contribution in [0.5, 0.6) is 0 Å². The largest absolute Gasteiger partial charge is 0.394 e. The molecule has 1 aromatic rings. The minimum absolute atomic E-state index is 0.000746. The first kappa shape index (κ1) is 14.7. The van der Waals surface area contributed by atoms with Gasteiger partial charge in [0.1, 0.15) is 17.3 Å². The number of likely N-dealkylation sites (N-methyl/N-ethyl adjacent to an activating group) is 1. The molecule has 1 aromatic carbocycles. The second-order valence-corrected chi connectivity index (χ2v) is 5.57. The van der Waals surface area contributed by atoms with Crippen molar-refractivity contribution < 1.29 is 13.6 Å². The molecule has 1 saturated heterocycles. The van der Waals surface area contributed by atoms with Gasteiger partial charge in [0.15, 0.2) is 0 Å². The van der Waals surface area contributed by atoms with E-state index in [1.54, 1.807) is 4.90 Å². The van der Waals surface area contributed by atoms with Gasteiger partial charge < -0.3 is 15.5 Å². The van der Waals surface area contributed by atoms with E-state index in [1.165, 1.54) is 0 Å². The predicted molar refractivity (Wildman–Crippen MR) is 73.3 cm³/mol. The first-order chi connectivity index (χ1) is 9.31. The Morgan fingerprint density at radius 2 is 1.85 bits per heavy atom. The molecule has 0 radical (unpaired) electrons. The van der Waals surface area contributed by atoms with Crippen molar-refractivity contribution in [3.05, 3.63) is 29.3 Å². The first-order valence-electron chi connectivity index (χ1n) is 6.51. The number of carbonyl (C=O) groups is 1. The lowest BCUT2D eigenvalue weighted by molar-refractivity contribution is 0.0780. The monoisotopic (exact) mass is 283 g/mol. The summed E-state index contributed by atoms with van der Waals surface area (Å²) in [4.78, 5) is 16.0. The molecule has 2 N–H and O–H groups in total. The van der Waals surface area contributed by atoms with Crippen LogP contribution in [0.3, 0.4) is 0 Å². The van der Waals surface area contributed by atoms with Crippen molar-refractivity contribution in [1.29, 1.82) is 0 Å². The van der Waals surface area contributed by atoms with E-state index in [2.05, 4.69) is 11.8 Å². The molecule has 1 amide bonds. The molecular weight excluding hydrogens is 264 g/mol. The van der Waals surface area contributed by atoms with Crippen LogP contribution in [-0.2, 0) is 0 Å². The normalized spacial score (nSPS) is 22.6. The Hall–Kier alpha value is -1.69. The second kappa shape index (κ2) is 5.36. The highest BCUT2D eigenvalue weighted by Crippen LogP contribution is 2.24. The summed E-state index contributed by atoms with van der Waals surface area (Å²) in [5, 5.41) is 0. The number of anilines is 1. The van der Waals surface area contributed by atoms with Gasteiger partial charge in [-0.2, -0.15) is 0 Å². The lowest BCUT2D eigenvalue weighted by Crippen LogP contribution is -2.35. The number of rotatable bonds is 2. The SMILES string of the molecule is CC1CN(C(=O)c2cc(F)c(N)c(F)c2)CC1N(C)C. The van der Waals surface area contributed by atoms with Crippen molar-refractivity contribution in [3.63, 3.8) is 0 Å². The zero-order valence-corrected chi connectivity index (χ0v) is 11.9. The van der Waals surface area contributed by atoms with Crippen LogP contribution >= 0.6 is 0 Å². The molecule has 6 heteroatoms. The van der Waals surface area contributed by atoms with Gasteiger partial charge in [-0.15, -0.1) is 0 Å². The van der Waals surface area contributed by atoms with Crippen LogP contribution in [0.4, 0.5) is 14.5 Å². The van der Waals surface area contributed by atoms with Gasteiger partial charge in [-0.25, -0.2) is 8.78 Å². The number of nitrogens with zero attached hydrogens (tertiary/aromatic N) is 2. The summed E-state index contributed by atoms with van der Waals surface area (Å²) >= 11 is 0. The van der Waals surface area contributed by atoms with Gasteiger partial charge in [-0.1, -0.05) is 6.92 Å². The summed E-state index contributed by atoms with van der Waals surface area (Å²) in [5.41, 5.74) is 4.65. The maximum atomic E-state index is 13.4. The van der Waals surface area contributed by atoms with Crippen molar-refractivity contribution in [1.82, 2.24) is 9.80 Å². The molecule has 0 saturated carbocycles. The molecule has 0 bridgehead atoms. The highest BCUT2D eigenvalue weighted by Gasteiger charge is 2.34. The molecule has 2 rings (SSSR count). The number of carbonyl (C=O) groups excluding carboxylic acids is 1. The van der Waals surface area contributed by atoms with E-state index in [-0.39, 0.29) is 17.5 Å². The van der Waals surface area contributed by atoms with Crippen LogP contribution in [0.15, 0.2) is 12.1 Å². The number of halogens is 2. The molecule has 20 heavy (non-hydrogen) atoms. The van der Waals surface area contributed by atoms with Crippen LogP contribution in [0, 0.1) is 17.6 Å². The van der Waals surface area contributed by atoms with Crippen LogP contribution < -0.4 is 5.73 Å². The summed E-state index contributed by atoms with van der Waals surface area (Å²) in [6.45, 7) is 3.19. The van der Waals surface area contributed by atoms with Gasteiger partial charge in [0.25, 0.3) is 5.91 Å². The van der Waals surface area contributed by atoms with E-state index in [0.717, 1.165) is 12.1 Å².